The Morgan fingerprint density at radius 3 is 2.25 bits per heavy atom. The maximum atomic E-state index is 12.6. The summed E-state index contributed by atoms with van der Waals surface area (Å²) in [4.78, 5) is 22.1. The lowest BCUT2D eigenvalue weighted by Crippen LogP contribution is -2.45. The molecule has 0 spiro atoms. The number of benzene rings is 1. The normalized spacial score (nSPS) is 15.4. The van der Waals surface area contributed by atoms with Gasteiger partial charge < -0.3 is 14.5 Å². The third-order valence-corrected chi connectivity index (χ3v) is 6.46. The largest absolute Gasteiger partial charge is 0.443 e. The fourth-order valence-electron chi connectivity index (χ4n) is 4.33. The van der Waals surface area contributed by atoms with Gasteiger partial charge >= 0.3 is 6.09 Å². The monoisotopic (exact) mass is 498 g/mol. The molecule has 0 saturated carbocycles. The molecule has 1 aromatic carbocycles. The molecule has 1 aliphatic rings. The third kappa shape index (κ3) is 4.55. The van der Waals surface area contributed by atoms with Gasteiger partial charge in [-0.05, 0) is 92.5 Å². The lowest BCUT2D eigenvalue weighted by Gasteiger charge is -2.36. The van der Waals surface area contributed by atoms with E-state index in [0.717, 1.165) is 47.2 Å². The third-order valence-electron chi connectivity index (χ3n) is 5.83. The number of aryl methyl sites for hydroxylation is 2. The van der Waals surface area contributed by atoms with Crippen LogP contribution in [0.15, 0.2) is 35.1 Å². The van der Waals surface area contributed by atoms with E-state index in [1.54, 1.807) is 6.20 Å². The maximum Gasteiger partial charge on any atom is 0.420 e. The number of ether oxygens (including phenoxy) is 1. The molecule has 3 aromatic rings. The van der Waals surface area contributed by atoms with Gasteiger partial charge in [-0.3, -0.25) is 0 Å². The van der Waals surface area contributed by atoms with Crippen molar-refractivity contribution in [2.24, 2.45) is 0 Å². The molecule has 32 heavy (non-hydrogen) atoms. The average molecular weight is 499 g/mol. The van der Waals surface area contributed by atoms with Crippen LogP contribution in [0.3, 0.4) is 0 Å². The number of nitrogens with zero attached hydrogens (tertiary/aromatic N) is 4. The molecule has 4 rings (SSSR count). The van der Waals surface area contributed by atoms with Crippen LogP contribution >= 0.6 is 15.9 Å². The Bertz CT molecular complexity index is 1150. The van der Waals surface area contributed by atoms with E-state index >= 15 is 0 Å². The van der Waals surface area contributed by atoms with Crippen molar-refractivity contribution >= 4 is 38.7 Å². The van der Waals surface area contributed by atoms with Gasteiger partial charge in [0, 0.05) is 59.7 Å². The van der Waals surface area contributed by atoms with E-state index in [9.17, 15) is 4.79 Å². The van der Waals surface area contributed by atoms with Gasteiger partial charge in [0.25, 0.3) is 0 Å². The number of carbonyl (C=O) groups is 1. The Morgan fingerprint density at radius 1 is 1.03 bits per heavy atom. The van der Waals surface area contributed by atoms with Gasteiger partial charge in [0.2, 0.25) is 0 Å². The van der Waals surface area contributed by atoms with Crippen LogP contribution in [0.4, 0.5) is 10.5 Å². The van der Waals surface area contributed by atoms with E-state index in [2.05, 4.69) is 69.8 Å². The van der Waals surface area contributed by atoms with Crippen molar-refractivity contribution in [3.05, 3.63) is 46.2 Å². The summed E-state index contributed by atoms with van der Waals surface area (Å²) >= 11 is 3.59. The first-order chi connectivity index (χ1) is 15.0. The van der Waals surface area contributed by atoms with Crippen molar-refractivity contribution in [3.8, 4) is 11.1 Å². The maximum absolute atomic E-state index is 12.6. The predicted octanol–water partition coefficient (Wildman–Crippen LogP) is 5.62. The van der Waals surface area contributed by atoms with E-state index in [1.807, 2.05) is 27.0 Å². The molecule has 0 atom stereocenters. The molecule has 0 unspecified atom stereocenters. The summed E-state index contributed by atoms with van der Waals surface area (Å²) in [6.45, 7) is 14.2. The van der Waals surface area contributed by atoms with E-state index in [4.69, 9.17) is 4.74 Å². The highest BCUT2D eigenvalue weighted by Gasteiger charge is 2.22. The van der Waals surface area contributed by atoms with Crippen LogP contribution in [0.2, 0.25) is 0 Å². The Kier molecular flexibility index (Phi) is 6.07. The Labute approximate surface area is 198 Å². The van der Waals surface area contributed by atoms with Crippen molar-refractivity contribution in [1.82, 2.24) is 14.5 Å². The van der Waals surface area contributed by atoms with Gasteiger partial charge in [0.1, 0.15) is 5.60 Å². The molecule has 0 radical (unpaired) electrons. The summed E-state index contributed by atoms with van der Waals surface area (Å²) in [7, 11) is 2.18. The number of aromatic nitrogens is 2. The smallest absolute Gasteiger partial charge is 0.420 e. The fraction of sp³-hybridized carbons (Fsp3) is 0.440. The van der Waals surface area contributed by atoms with Crippen LogP contribution in [0, 0.1) is 13.8 Å². The first kappa shape index (κ1) is 22.8. The zero-order chi connectivity index (χ0) is 23.2. The summed E-state index contributed by atoms with van der Waals surface area (Å²) in [6.07, 6.45) is 3.12. The van der Waals surface area contributed by atoms with Crippen LogP contribution < -0.4 is 4.90 Å². The molecule has 1 saturated heterocycles. The van der Waals surface area contributed by atoms with Crippen LogP contribution in [0.1, 0.15) is 31.9 Å². The van der Waals surface area contributed by atoms with E-state index in [0.29, 0.717) is 5.65 Å². The van der Waals surface area contributed by atoms with Crippen LogP contribution in [-0.2, 0) is 4.74 Å². The standard InChI is InChI=1S/C25H31BrN4O2/c1-16-11-18(12-17(2)22(16)29-9-7-28(6)8-10-29)19-13-20-21(26)15-30(23(20)27-14-19)24(31)32-25(3,4)5/h11-15H,7-10H2,1-6H3. The minimum atomic E-state index is -0.569. The second kappa shape index (κ2) is 8.52. The molecule has 7 heteroatoms. The Morgan fingerprint density at radius 2 is 1.66 bits per heavy atom. The van der Waals surface area contributed by atoms with Crippen molar-refractivity contribution < 1.29 is 9.53 Å². The molecule has 2 aromatic heterocycles. The van der Waals surface area contributed by atoms with E-state index in [1.165, 1.54) is 21.4 Å². The Balaban J connectivity index is 1.68. The van der Waals surface area contributed by atoms with Crippen molar-refractivity contribution in [1.29, 1.82) is 0 Å². The van der Waals surface area contributed by atoms with Gasteiger partial charge in [0.05, 0.1) is 0 Å². The fourth-order valence-corrected chi connectivity index (χ4v) is 4.83. The predicted molar refractivity (Wildman–Crippen MR) is 134 cm³/mol. The quantitative estimate of drug-likeness (QED) is 0.458. The summed E-state index contributed by atoms with van der Waals surface area (Å²) in [6, 6.07) is 6.56. The summed E-state index contributed by atoms with van der Waals surface area (Å²) in [5.74, 6) is 0. The topological polar surface area (TPSA) is 50.6 Å². The Hall–Kier alpha value is -2.38. The van der Waals surface area contributed by atoms with Crippen LogP contribution in [0.5, 0.6) is 0 Å². The van der Waals surface area contributed by atoms with Crippen molar-refractivity contribution in [2.45, 2.75) is 40.2 Å². The molecule has 3 heterocycles. The zero-order valence-electron chi connectivity index (χ0n) is 19.7. The van der Waals surface area contributed by atoms with Crippen LogP contribution in [-0.4, -0.2) is 59.4 Å². The van der Waals surface area contributed by atoms with E-state index < -0.39 is 11.7 Å². The molecule has 170 valence electrons. The second-order valence-corrected chi connectivity index (χ2v) is 10.5. The highest BCUT2D eigenvalue weighted by molar-refractivity contribution is 9.10. The van der Waals surface area contributed by atoms with Gasteiger partial charge in [0.15, 0.2) is 5.65 Å². The number of piperazine rings is 1. The molecule has 0 aliphatic carbocycles. The zero-order valence-corrected chi connectivity index (χ0v) is 21.3. The highest BCUT2D eigenvalue weighted by Crippen LogP contribution is 2.34. The number of pyridine rings is 1. The first-order valence-electron chi connectivity index (χ1n) is 11.0. The number of rotatable bonds is 2. The summed E-state index contributed by atoms with van der Waals surface area (Å²) in [5.41, 5.74) is 6.05. The van der Waals surface area contributed by atoms with Crippen molar-refractivity contribution in [3.63, 3.8) is 0 Å². The number of likely N-dealkylation sites (N-methyl/N-ethyl adjacent to an activating group) is 1. The lowest BCUT2D eigenvalue weighted by molar-refractivity contribution is 0.0543. The van der Waals surface area contributed by atoms with Crippen molar-refractivity contribution in [2.75, 3.05) is 38.1 Å². The first-order valence-corrected chi connectivity index (χ1v) is 11.8. The number of carbonyl (C=O) groups excluding carboxylic acids is 1. The molecular formula is C25H31BrN4O2. The number of fused-ring (bicyclic) bond motifs is 1. The van der Waals surface area contributed by atoms with Gasteiger partial charge in [-0.25, -0.2) is 14.3 Å². The molecular weight excluding hydrogens is 468 g/mol. The van der Waals surface area contributed by atoms with Gasteiger partial charge in [-0.1, -0.05) is 0 Å². The molecule has 1 aliphatic heterocycles. The molecule has 6 nitrogen and oxygen atoms in total. The minimum Gasteiger partial charge on any atom is -0.443 e. The van der Waals surface area contributed by atoms with Gasteiger partial charge in [-0.2, -0.15) is 0 Å². The lowest BCUT2D eigenvalue weighted by atomic mass is 9.98. The SMILES string of the molecule is Cc1cc(-c2cnc3c(c2)c(Br)cn3C(=O)OC(C)(C)C)cc(C)c1N1CCN(C)CC1. The number of hydrogen-bond donors (Lipinski definition) is 0. The molecule has 0 amide bonds. The molecule has 0 bridgehead atoms. The number of anilines is 1. The average Bonchev–Trinajstić information content (AvgIpc) is 3.04. The van der Waals surface area contributed by atoms with E-state index in [-0.39, 0.29) is 0 Å². The number of hydrogen-bond acceptors (Lipinski definition) is 5. The number of halogens is 1. The molecule has 1 fully saturated rings. The highest BCUT2D eigenvalue weighted by atomic mass is 79.9. The van der Waals surface area contributed by atoms with Gasteiger partial charge in [-0.15, -0.1) is 0 Å². The second-order valence-electron chi connectivity index (χ2n) is 9.67. The summed E-state index contributed by atoms with van der Waals surface area (Å²) in [5, 5.41) is 0.881. The minimum absolute atomic E-state index is 0.434. The molecule has 0 N–H and O–H groups in total. The summed E-state index contributed by atoms with van der Waals surface area (Å²) < 4.78 is 7.80. The van der Waals surface area contributed by atoms with Crippen LogP contribution in [0.25, 0.3) is 22.2 Å².